The van der Waals surface area contributed by atoms with Gasteiger partial charge >= 0.3 is 0 Å². The lowest BCUT2D eigenvalue weighted by Gasteiger charge is -1.93. The number of hydrogen-bond acceptors (Lipinski definition) is 3. The Bertz CT molecular complexity index is 373. The molecule has 0 radical (unpaired) electrons. The molecule has 0 saturated carbocycles. The summed E-state index contributed by atoms with van der Waals surface area (Å²) in [5, 5.41) is 8.29. The van der Waals surface area contributed by atoms with Crippen LogP contribution in [0.1, 0.15) is 5.69 Å². The molecular weight excluding hydrogens is 164 g/mol. The van der Waals surface area contributed by atoms with E-state index in [2.05, 4.69) is 9.98 Å². The zero-order valence-corrected chi connectivity index (χ0v) is 6.88. The van der Waals surface area contributed by atoms with Gasteiger partial charge in [0.15, 0.2) is 5.82 Å². The Morgan fingerprint density at radius 1 is 1.54 bits per heavy atom. The maximum atomic E-state index is 8.29. The zero-order chi connectivity index (χ0) is 9.52. The molecule has 0 saturated heterocycles. The highest BCUT2D eigenvalue weighted by Gasteiger charge is 1.90. The Balaban J connectivity index is 2.93. The molecule has 0 fully saturated rings. The molecule has 4 nitrogen and oxygen atoms in total. The van der Waals surface area contributed by atoms with E-state index in [-0.39, 0.29) is 0 Å². The summed E-state index contributed by atoms with van der Waals surface area (Å²) in [6.45, 7) is 0. The van der Waals surface area contributed by atoms with Crippen molar-refractivity contribution >= 4 is 18.2 Å². The van der Waals surface area contributed by atoms with Crippen LogP contribution in [0.4, 0.5) is 5.82 Å². The number of nitriles is 1. The minimum absolute atomic E-state index is 0.530. The van der Waals surface area contributed by atoms with Gasteiger partial charge in [-0.05, 0) is 18.2 Å². The van der Waals surface area contributed by atoms with Crippen LogP contribution in [0.2, 0.25) is 0 Å². The van der Waals surface area contributed by atoms with Crippen molar-refractivity contribution in [3.8, 4) is 6.07 Å². The SMILES string of the molecule is N#C/C=C/c1cccc(N=CN)n1. The summed E-state index contributed by atoms with van der Waals surface area (Å²) in [7, 11) is 0. The second kappa shape index (κ2) is 4.67. The summed E-state index contributed by atoms with van der Waals surface area (Å²) in [5.74, 6) is 0.530. The van der Waals surface area contributed by atoms with Gasteiger partial charge in [0.05, 0.1) is 18.1 Å². The van der Waals surface area contributed by atoms with Gasteiger partial charge in [-0.3, -0.25) is 0 Å². The Labute approximate surface area is 76.0 Å². The summed E-state index contributed by atoms with van der Waals surface area (Å²) in [4.78, 5) is 7.88. The van der Waals surface area contributed by atoms with E-state index in [0.29, 0.717) is 11.5 Å². The van der Waals surface area contributed by atoms with Crippen molar-refractivity contribution in [2.45, 2.75) is 0 Å². The molecule has 4 heteroatoms. The van der Waals surface area contributed by atoms with Crippen LogP contribution in [-0.4, -0.2) is 11.3 Å². The average Bonchev–Trinajstić information content (AvgIpc) is 2.16. The molecule has 0 aliphatic rings. The molecule has 0 unspecified atom stereocenters. The zero-order valence-electron chi connectivity index (χ0n) is 6.88. The lowest BCUT2D eigenvalue weighted by atomic mass is 10.3. The third-order valence-electron chi connectivity index (χ3n) is 1.29. The first-order valence-corrected chi connectivity index (χ1v) is 3.64. The first kappa shape index (κ1) is 8.94. The maximum absolute atomic E-state index is 8.29. The van der Waals surface area contributed by atoms with E-state index >= 15 is 0 Å². The van der Waals surface area contributed by atoms with Gasteiger partial charge in [0.1, 0.15) is 0 Å². The van der Waals surface area contributed by atoms with Crippen molar-refractivity contribution in [2.24, 2.45) is 10.7 Å². The van der Waals surface area contributed by atoms with Crippen LogP contribution in [0, 0.1) is 11.3 Å². The predicted octanol–water partition coefficient (Wildman–Crippen LogP) is 1.24. The number of hydrogen-bond donors (Lipinski definition) is 1. The monoisotopic (exact) mass is 172 g/mol. The molecule has 0 aliphatic carbocycles. The highest BCUT2D eigenvalue weighted by molar-refractivity contribution is 5.58. The van der Waals surface area contributed by atoms with E-state index in [1.165, 1.54) is 12.4 Å². The van der Waals surface area contributed by atoms with Gasteiger partial charge in [-0.15, -0.1) is 0 Å². The molecule has 1 aromatic rings. The fourth-order valence-electron chi connectivity index (χ4n) is 0.803. The molecule has 1 heterocycles. The van der Waals surface area contributed by atoms with E-state index < -0.39 is 0 Å². The first-order chi connectivity index (χ1) is 6.36. The number of aliphatic imine (C=N–C) groups is 1. The average molecular weight is 172 g/mol. The fourth-order valence-corrected chi connectivity index (χ4v) is 0.803. The number of pyridine rings is 1. The van der Waals surface area contributed by atoms with Crippen molar-refractivity contribution in [1.82, 2.24) is 4.98 Å². The smallest absolute Gasteiger partial charge is 0.154 e. The fraction of sp³-hybridized carbons (Fsp3) is 0. The van der Waals surface area contributed by atoms with E-state index in [4.69, 9.17) is 11.0 Å². The topological polar surface area (TPSA) is 75.1 Å². The number of nitrogens with zero attached hydrogens (tertiary/aromatic N) is 3. The predicted molar refractivity (Wildman–Crippen MR) is 51.2 cm³/mol. The normalized spacial score (nSPS) is 10.7. The summed E-state index contributed by atoms with van der Waals surface area (Å²) in [5.41, 5.74) is 5.79. The minimum atomic E-state index is 0.530. The number of rotatable bonds is 2. The Morgan fingerprint density at radius 3 is 3.08 bits per heavy atom. The third kappa shape index (κ3) is 2.75. The molecule has 0 amide bonds. The minimum Gasteiger partial charge on any atom is -0.390 e. The highest BCUT2D eigenvalue weighted by Crippen LogP contribution is 2.08. The number of nitrogens with two attached hydrogens (primary N) is 1. The van der Waals surface area contributed by atoms with Gasteiger partial charge in [0.2, 0.25) is 0 Å². The third-order valence-corrected chi connectivity index (χ3v) is 1.29. The second-order valence-corrected chi connectivity index (χ2v) is 2.16. The molecular formula is C9H8N4. The van der Waals surface area contributed by atoms with E-state index in [9.17, 15) is 0 Å². The van der Waals surface area contributed by atoms with Gasteiger partial charge in [-0.25, -0.2) is 9.98 Å². The quantitative estimate of drug-likeness (QED) is 0.414. The van der Waals surface area contributed by atoms with Crippen molar-refractivity contribution in [2.75, 3.05) is 0 Å². The molecule has 13 heavy (non-hydrogen) atoms. The van der Waals surface area contributed by atoms with E-state index in [0.717, 1.165) is 0 Å². The Kier molecular flexibility index (Phi) is 3.21. The molecule has 0 spiro atoms. The summed E-state index contributed by atoms with van der Waals surface area (Å²) in [6, 6.07) is 7.19. The molecule has 64 valence electrons. The van der Waals surface area contributed by atoms with Gasteiger partial charge in [0, 0.05) is 6.08 Å². The standard InChI is InChI=1S/C9H8N4/c10-6-2-4-8-3-1-5-9(13-8)12-7-11/h1-5,7H,(H2,11,12,13)/b4-2+. The molecule has 2 N–H and O–H groups in total. The largest absolute Gasteiger partial charge is 0.390 e. The van der Waals surface area contributed by atoms with Crippen LogP contribution >= 0.6 is 0 Å². The lowest BCUT2D eigenvalue weighted by Crippen LogP contribution is -1.88. The molecule has 1 aromatic heterocycles. The van der Waals surface area contributed by atoms with E-state index in [1.54, 1.807) is 24.3 Å². The van der Waals surface area contributed by atoms with Gasteiger partial charge in [-0.1, -0.05) is 6.07 Å². The number of allylic oxidation sites excluding steroid dienone is 1. The summed E-state index contributed by atoms with van der Waals surface area (Å²) in [6.07, 6.45) is 4.15. The van der Waals surface area contributed by atoms with E-state index in [1.807, 2.05) is 6.07 Å². The van der Waals surface area contributed by atoms with Crippen LogP contribution in [0.15, 0.2) is 29.3 Å². The Morgan fingerprint density at radius 2 is 2.38 bits per heavy atom. The van der Waals surface area contributed by atoms with Gasteiger partial charge in [0.25, 0.3) is 0 Å². The first-order valence-electron chi connectivity index (χ1n) is 3.64. The summed E-state index contributed by atoms with van der Waals surface area (Å²) < 4.78 is 0. The molecule has 0 bridgehead atoms. The Hall–Kier alpha value is -2.15. The molecule has 0 atom stereocenters. The van der Waals surface area contributed by atoms with Crippen molar-refractivity contribution in [3.63, 3.8) is 0 Å². The van der Waals surface area contributed by atoms with Gasteiger partial charge < -0.3 is 5.73 Å². The summed E-state index contributed by atoms with van der Waals surface area (Å²) >= 11 is 0. The van der Waals surface area contributed by atoms with Crippen molar-refractivity contribution < 1.29 is 0 Å². The van der Waals surface area contributed by atoms with Crippen molar-refractivity contribution in [3.05, 3.63) is 30.0 Å². The molecule has 0 aliphatic heterocycles. The second-order valence-electron chi connectivity index (χ2n) is 2.16. The molecule has 1 rings (SSSR count). The van der Waals surface area contributed by atoms with Crippen LogP contribution in [0.3, 0.4) is 0 Å². The van der Waals surface area contributed by atoms with Crippen molar-refractivity contribution in [1.29, 1.82) is 5.26 Å². The van der Waals surface area contributed by atoms with Crippen LogP contribution in [0.5, 0.6) is 0 Å². The number of aromatic nitrogens is 1. The van der Waals surface area contributed by atoms with Crippen LogP contribution < -0.4 is 5.73 Å². The maximum Gasteiger partial charge on any atom is 0.154 e. The highest BCUT2D eigenvalue weighted by atomic mass is 14.9. The lowest BCUT2D eigenvalue weighted by molar-refractivity contribution is 1.25. The van der Waals surface area contributed by atoms with Gasteiger partial charge in [-0.2, -0.15) is 5.26 Å². The van der Waals surface area contributed by atoms with Crippen LogP contribution in [-0.2, 0) is 0 Å². The van der Waals surface area contributed by atoms with Crippen LogP contribution in [0.25, 0.3) is 6.08 Å². The molecule has 0 aromatic carbocycles.